The summed E-state index contributed by atoms with van der Waals surface area (Å²) in [7, 11) is 1.90. The fourth-order valence-electron chi connectivity index (χ4n) is 1.74. The number of anilines is 1. The third-order valence-corrected chi connectivity index (χ3v) is 3.17. The van der Waals surface area contributed by atoms with E-state index in [4.69, 9.17) is 11.6 Å². The van der Waals surface area contributed by atoms with Gasteiger partial charge in [-0.15, -0.1) is 0 Å². The minimum atomic E-state index is -0.486. The number of hydrogen-bond donors (Lipinski definition) is 1. The molecule has 0 aliphatic carbocycles. The van der Waals surface area contributed by atoms with Crippen LogP contribution in [0.2, 0.25) is 5.02 Å². The van der Waals surface area contributed by atoms with Crippen LogP contribution in [0.1, 0.15) is 11.3 Å². The summed E-state index contributed by atoms with van der Waals surface area (Å²) in [5, 5.41) is 14.1. The van der Waals surface area contributed by atoms with Crippen molar-refractivity contribution in [2.75, 3.05) is 5.32 Å². The van der Waals surface area contributed by atoms with Crippen LogP contribution < -0.4 is 5.32 Å². The molecule has 0 saturated carbocycles. The van der Waals surface area contributed by atoms with Gasteiger partial charge in [0.2, 0.25) is 0 Å². The van der Waals surface area contributed by atoms with Crippen molar-refractivity contribution in [3.63, 3.8) is 0 Å². The molecule has 1 heterocycles. The van der Waals surface area contributed by atoms with Gasteiger partial charge in [-0.2, -0.15) is 0 Å². The molecule has 0 bridgehead atoms. The zero-order valence-corrected chi connectivity index (χ0v) is 11.3. The first kappa shape index (κ1) is 13.4. The number of nitro groups is 1. The molecular weight excluding hydrogens is 268 g/mol. The Morgan fingerprint density at radius 3 is 2.84 bits per heavy atom. The van der Waals surface area contributed by atoms with Crippen LogP contribution >= 0.6 is 11.6 Å². The zero-order valence-electron chi connectivity index (χ0n) is 10.6. The Morgan fingerprint density at radius 1 is 1.53 bits per heavy atom. The number of nitro benzene ring substituents is 1. The Hall–Kier alpha value is -2.08. The molecule has 0 atom stereocenters. The third kappa shape index (κ3) is 2.85. The summed E-state index contributed by atoms with van der Waals surface area (Å²) < 4.78 is 1.90. The normalized spacial score (nSPS) is 10.5. The molecule has 0 radical (unpaired) electrons. The molecule has 100 valence electrons. The third-order valence-electron chi connectivity index (χ3n) is 2.87. The van der Waals surface area contributed by atoms with Gasteiger partial charge < -0.3 is 9.88 Å². The predicted octanol–water partition coefficient (Wildman–Crippen LogP) is 2.90. The second-order valence-electron chi connectivity index (χ2n) is 4.23. The highest BCUT2D eigenvalue weighted by Gasteiger charge is 2.14. The molecule has 0 unspecified atom stereocenters. The van der Waals surface area contributed by atoms with Gasteiger partial charge in [-0.25, -0.2) is 4.98 Å². The molecule has 0 aliphatic heterocycles. The first-order valence-corrected chi connectivity index (χ1v) is 6.00. The van der Waals surface area contributed by atoms with Crippen LogP contribution in [0.25, 0.3) is 0 Å². The summed E-state index contributed by atoms with van der Waals surface area (Å²) in [5.74, 6) is 0. The lowest BCUT2D eigenvalue weighted by atomic mass is 10.1. The van der Waals surface area contributed by atoms with Crippen molar-refractivity contribution in [1.29, 1.82) is 0 Å². The monoisotopic (exact) mass is 280 g/mol. The second-order valence-corrected chi connectivity index (χ2v) is 4.63. The summed E-state index contributed by atoms with van der Waals surface area (Å²) in [4.78, 5) is 14.3. The average Bonchev–Trinajstić information content (AvgIpc) is 2.75. The Bertz CT molecular complexity index is 624. The van der Waals surface area contributed by atoms with Gasteiger partial charge in [-0.3, -0.25) is 10.1 Å². The fraction of sp³-hybridized carbons (Fsp3) is 0.250. The van der Waals surface area contributed by atoms with Crippen LogP contribution in [0, 0.1) is 17.0 Å². The summed E-state index contributed by atoms with van der Waals surface area (Å²) in [6.45, 7) is 2.38. The Labute approximate surface area is 115 Å². The highest BCUT2D eigenvalue weighted by atomic mass is 35.5. The molecule has 0 fully saturated rings. The fourth-order valence-corrected chi connectivity index (χ4v) is 1.97. The van der Waals surface area contributed by atoms with E-state index in [0.717, 1.165) is 16.9 Å². The van der Waals surface area contributed by atoms with Gasteiger partial charge in [0.15, 0.2) is 0 Å². The van der Waals surface area contributed by atoms with Crippen LogP contribution in [-0.4, -0.2) is 14.5 Å². The van der Waals surface area contributed by atoms with E-state index in [9.17, 15) is 10.1 Å². The maximum Gasteiger partial charge on any atom is 0.288 e. The zero-order chi connectivity index (χ0) is 14.0. The molecule has 0 aliphatic rings. The van der Waals surface area contributed by atoms with Gasteiger partial charge in [0.05, 0.1) is 23.5 Å². The molecule has 1 aromatic heterocycles. The van der Waals surface area contributed by atoms with Crippen LogP contribution in [0.4, 0.5) is 11.4 Å². The molecule has 19 heavy (non-hydrogen) atoms. The lowest BCUT2D eigenvalue weighted by Crippen LogP contribution is -2.05. The molecule has 2 aromatic rings. The number of aryl methyl sites for hydroxylation is 2. The van der Waals surface area contributed by atoms with Crippen LogP contribution in [0.5, 0.6) is 0 Å². The molecule has 1 aromatic carbocycles. The van der Waals surface area contributed by atoms with Crippen molar-refractivity contribution >= 4 is 23.0 Å². The number of nitrogens with one attached hydrogen (secondary N) is 1. The van der Waals surface area contributed by atoms with Crippen molar-refractivity contribution in [1.82, 2.24) is 9.55 Å². The van der Waals surface area contributed by atoms with Gasteiger partial charge in [0, 0.05) is 25.0 Å². The molecular formula is C12H13ClN4O2. The van der Waals surface area contributed by atoms with Crippen LogP contribution in [0.3, 0.4) is 0 Å². The van der Waals surface area contributed by atoms with Gasteiger partial charge >= 0.3 is 0 Å². The number of hydrogen-bond acceptors (Lipinski definition) is 4. The van der Waals surface area contributed by atoms with Crippen molar-refractivity contribution < 1.29 is 4.92 Å². The Kier molecular flexibility index (Phi) is 3.71. The Balaban J connectivity index is 2.20. The quantitative estimate of drug-likeness (QED) is 0.690. The molecule has 6 nitrogen and oxygen atoms in total. The summed E-state index contributed by atoms with van der Waals surface area (Å²) in [6, 6.07) is 3.04. The van der Waals surface area contributed by atoms with Crippen molar-refractivity contribution in [2.24, 2.45) is 7.05 Å². The van der Waals surface area contributed by atoms with E-state index in [2.05, 4.69) is 10.3 Å². The lowest BCUT2D eigenvalue weighted by molar-refractivity contribution is -0.384. The van der Waals surface area contributed by atoms with Gasteiger partial charge in [-0.1, -0.05) is 11.6 Å². The molecule has 2 rings (SSSR count). The van der Waals surface area contributed by atoms with E-state index in [1.807, 2.05) is 11.6 Å². The topological polar surface area (TPSA) is 73.0 Å². The molecule has 0 spiro atoms. The lowest BCUT2D eigenvalue weighted by Gasteiger charge is -2.10. The number of aromatic nitrogens is 2. The first-order chi connectivity index (χ1) is 8.99. The van der Waals surface area contributed by atoms with Crippen molar-refractivity contribution in [3.05, 3.63) is 51.1 Å². The summed E-state index contributed by atoms with van der Waals surface area (Å²) in [5.41, 5.74) is 2.48. The number of imidazole rings is 1. The Morgan fingerprint density at radius 2 is 2.26 bits per heavy atom. The highest BCUT2D eigenvalue weighted by molar-refractivity contribution is 6.33. The smallest absolute Gasteiger partial charge is 0.288 e. The summed E-state index contributed by atoms with van der Waals surface area (Å²) in [6.07, 6.45) is 3.47. The molecule has 0 amide bonds. The van der Waals surface area contributed by atoms with Crippen LogP contribution in [0.15, 0.2) is 24.7 Å². The number of rotatable bonds is 4. The van der Waals surface area contributed by atoms with Crippen molar-refractivity contribution in [2.45, 2.75) is 13.5 Å². The number of benzene rings is 1. The molecule has 0 saturated heterocycles. The number of nitrogens with zero attached hydrogens (tertiary/aromatic N) is 3. The maximum absolute atomic E-state index is 10.8. The highest BCUT2D eigenvalue weighted by Crippen LogP contribution is 2.30. The van der Waals surface area contributed by atoms with E-state index in [1.54, 1.807) is 25.5 Å². The second kappa shape index (κ2) is 5.27. The minimum absolute atomic E-state index is 0.0785. The van der Waals surface area contributed by atoms with E-state index in [0.29, 0.717) is 6.54 Å². The summed E-state index contributed by atoms with van der Waals surface area (Å²) >= 11 is 5.89. The van der Waals surface area contributed by atoms with Gasteiger partial charge in [0.25, 0.3) is 5.69 Å². The van der Waals surface area contributed by atoms with E-state index >= 15 is 0 Å². The predicted molar refractivity (Wildman–Crippen MR) is 73.4 cm³/mol. The first-order valence-electron chi connectivity index (χ1n) is 5.62. The minimum Gasteiger partial charge on any atom is -0.379 e. The standard InChI is InChI=1S/C12H13ClN4O2/c1-8-3-12(17(18)19)10(13)4-11(8)15-6-9-5-14-7-16(9)2/h3-5,7,15H,6H2,1-2H3. The van der Waals surface area contributed by atoms with Gasteiger partial charge in [0.1, 0.15) is 5.02 Å². The SMILES string of the molecule is Cc1cc([N+](=O)[O-])c(Cl)cc1NCc1cncn1C. The largest absolute Gasteiger partial charge is 0.379 e. The van der Waals surface area contributed by atoms with Crippen molar-refractivity contribution in [3.8, 4) is 0 Å². The van der Waals surface area contributed by atoms with E-state index < -0.39 is 4.92 Å². The molecule has 1 N–H and O–H groups in total. The molecule has 7 heteroatoms. The van der Waals surface area contributed by atoms with Crippen LogP contribution in [-0.2, 0) is 13.6 Å². The maximum atomic E-state index is 10.8. The van der Waals surface area contributed by atoms with Gasteiger partial charge in [-0.05, 0) is 18.6 Å². The van der Waals surface area contributed by atoms with E-state index in [-0.39, 0.29) is 10.7 Å². The average molecular weight is 281 g/mol. The van der Waals surface area contributed by atoms with E-state index in [1.165, 1.54) is 6.07 Å². The number of halogens is 1.